The number of halogens is 1. The highest BCUT2D eigenvalue weighted by Gasteiger charge is 2.18. The lowest BCUT2D eigenvalue weighted by Crippen LogP contribution is -2.02. The van der Waals surface area contributed by atoms with Crippen molar-refractivity contribution in [2.75, 3.05) is 7.11 Å². The Hall–Kier alpha value is -2.84. The first-order chi connectivity index (χ1) is 10.7. The molecule has 0 spiro atoms. The average molecular weight is 311 g/mol. The van der Waals surface area contributed by atoms with Crippen LogP contribution >= 0.6 is 11.6 Å². The van der Waals surface area contributed by atoms with Crippen LogP contribution in [0.3, 0.4) is 0 Å². The van der Waals surface area contributed by atoms with Crippen molar-refractivity contribution in [3.8, 4) is 28.8 Å². The molecule has 0 unspecified atom stereocenters. The van der Waals surface area contributed by atoms with Gasteiger partial charge in [-0.15, -0.1) is 5.10 Å². The van der Waals surface area contributed by atoms with Crippen LogP contribution in [-0.4, -0.2) is 22.1 Å². The molecule has 0 radical (unpaired) electrons. The molecular weight excluding hydrogens is 300 g/mol. The van der Waals surface area contributed by atoms with Gasteiger partial charge in [0, 0.05) is 10.6 Å². The Bertz CT molecular complexity index is 849. The minimum absolute atomic E-state index is 0.244. The maximum absolute atomic E-state index is 9.30. The number of rotatable bonds is 3. The highest BCUT2D eigenvalue weighted by atomic mass is 35.5. The monoisotopic (exact) mass is 310 g/mol. The lowest BCUT2D eigenvalue weighted by Gasteiger charge is -2.10. The fourth-order valence-electron chi connectivity index (χ4n) is 2.20. The van der Waals surface area contributed by atoms with Gasteiger partial charge in [0.15, 0.2) is 5.69 Å². The number of nitriles is 1. The second kappa shape index (κ2) is 5.88. The summed E-state index contributed by atoms with van der Waals surface area (Å²) < 4.78 is 6.96. The molecule has 5 nitrogen and oxygen atoms in total. The van der Waals surface area contributed by atoms with Gasteiger partial charge in [-0.25, -0.2) is 4.68 Å². The van der Waals surface area contributed by atoms with Gasteiger partial charge in [0.2, 0.25) is 0 Å². The number of aromatic nitrogens is 3. The van der Waals surface area contributed by atoms with Crippen molar-refractivity contribution in [3.05, 3.63) is 59.2 Å². The molecule has 0 aliphatic heterocycles. The summed E-state index contributed by atoms with van der Waals surface area (Å²) in [6.45, 7) is 0. The molecule has 0 aliphatic rings. The van der Waals surface area contributed by atoms with Gasteiger partial charge >= 0.3 is 0 Å². The molecule has 0 saturated heterocycles. The molecule has 0 saturated carbocycles. The molecule has 0 amide bonds. The molecule has 0 N–H and O–H groups in total. The number of ether oxygens (including phenoxy) is 1. The van der Waals surface area contributed by atoms with E-state index in [0.29, 0.717) is 22.2 Å². The van der Waals surface area contributed by atoms with Gasteiger partial charge in [0.05, 0.1) is 7.11 Å². The van der Waals surface area contributed by atoms with Crippen LogP contribution < -0.4 is 4.74 Å². The van der Waals surface area contributed by atoms with Gasteiger partial charge in [-0.2, -0.15) is 5.26 Å². The SMILES string of the molecule is COc1ccccc1-n1nnc(C#N)c1-c1ccc(Cl)cc1. The molecule has 0 fully saturated rings. The predicted octanol–water partition coefficient (Wildman–Crippen LogP) is 3.47. The van der Waals surface area contributed by atoms with Crippen LogP contribution in [0.5, 0.6) is 5.75 Å². The highest BCUT2D eigenvalue weighted by Crippen LogP contribution is 2.29. The van der Waals surface area contributed by atoms with Crippen molar-refractivity contribution >= 4 is 11.6 Å². The quantitative estimate of drug-likeness (QED) is 0.743. The largest absolute Gasteiger partial charge is 0.494 e. The van der Waals surface area contributed by atoms with Gasteiger partial charge in [-0.1, -0.05) is 41.1 Å². The van der Waals surface area contributed by atoms with E-state index >= 15 is 0 Å². The first-order valence-corrected chi connectivity index (χ1v) is 6.87. The molecule has 3 rings (SSSR count). The Morgan fingerprint density at radius 3 is 2.55 bits per heavy atom. The van der Waals surface area contributed by atoms with Crippen LogP contribution in [0.15, 0.2) is 48.5 Å². The molecule has 6 heteroatoms. The second-order valence-corrected chi connectivity index (χ2v) is 4.93. The fourth-order valence-corrected chi connectivity index (χ4v) is 2.32. The topological polar surface area (TPSA) is 63.7 Å². The van der Waals surface area contributed by atoms with Crippen molar-refractivity contribution in [2.24, 2.45) is 0 Å². The molecule has 0 bridgehead atoms. The number of hydrogen-bond acceptors (Lipinski definition) is 4. The van der Waals surface area contributed by atoms with Gasteiger partial charge in [0.1, 0.15) is 23.2 Å². The molecular formula is C16H11ClN4O. The lowest BCUT2D eigenvalue weighted by atomic mass is 10.1. The second-order valence-electron chi connectivity index (χ2n) is 4.49. The van der Waals surface area contributed by atoms with Crippen LogP contribution in [0.25, 0.3) is 16.9 Å². The lowest BCUT2D eigenvalue weighted by molar-refractivity contribution is 0.411. The van der Waals surface area contributed by atoms with Gasteiger partial charge in [-0.05, 0) is 24.3 Å². The highest BCUT2D eigenvalue weighted by molar-refractivity contribution is 6.30. The van der Waals surface area contributed by atoms with Gasteiger partial charge in [-0.3, -0.25) is 0 Å². The summed E-state index contributed by atoms with van der Waals surface area (Å²) in [6.07, 6.45) is 0. The van der Waals surface area contributed by atoms with Gasteiger partial charge in [0.25, 0.3) is 0 Å². The third-order valence-electron chi connectivity index (χ3n) is 3.21. The maximum Gasteiger partial charge on any atom is 0.191 e. The smallest absolute Gasteiger partial charge is 0.191 e. The number of nitrogens with zero attached hydrogens (tertiary/aromatic N) is 4. The molecule has 3 aromatic rings. The number of hydrogen-bond donors (Lipinski definition) is 0. The van der Waals surface area contributed by atoms with E-state index in [1.807, 2.05) is 36.4 Å². The summed E-state index contributed by atoms with van der Waals surface area (Å²) in [6, 6.07) is 16.7. The van der Waals surface area contributed by atoms with Crippen LogP contribution in [0.4, 0.5) is 0 Å². The van der Waals surface area contributed by atoms with E-state index in [1.54, 1.807) is 23.9 Å². The first kappa shape index (κ1) is 14.1. The minimum atomic E-state index is 0.244. The summed E-state index contributed by atoms with van der Waals surface area (Å²) in [5, 5.41) is 18.0. The normalized spacial score (nSPS) is 10.2. The van der Waals surface area contributed by atoms with Crippen LogP contribution in [-0.2, 0) is 0 Å². The molecule has 0 atom stereocenters. The van der Waals surface area contributed by atoms with Crippen LogP contribution in [0.1, 0.15) is 5.69 Å². The van der Waals surface area contributed by atoms with Crippen LogP contribution in [0.2, 0.25) is 5.02 Å². The van der Waals surface area contributed by atoms with E-state index in [4.69, 9.17) is 16.3 Å². The van der Waals surface area contributed by atoms with Crippen molar-refractivity contribution in [3.63, 3.8) is 0 Å². The van der Waals surface area contributed by atoms with Gasteiger partial charge < -0.3 is 4.74 Å². The van der Waals surface area contributed by atoms with Crippen molar-refractivity contribution in [2.45, 2.75) is 0 Å². The summed E-state index contributed by atoms with van der Waals surface area (Å²) in [5.74, 6) is 0.645. The van der Waals surface area contributed by atoms with E-state index in [0.717, 1.165) is 5.56 Å². The van der Waals surface area contributed by atoms with Crippen molar-refractivity contribution in [1.29, 1.82) is 5.26 Å². The van der Waals surface area contributed by atoms with E-state index in [9.17, 15) is 5.26 Å². The van der Waals surface area contributed by atoms with Crippen molar-refractivity contribution < 1.29 is 4.74 Å². The zero-order chi connectivity index (χ0) is 15.5. The Labute approximate surface area is 132 Å². The van der Waals surface area contributed by atoms with Crippen LogP contribution in [0, 0.1) is 11.3 Å². The molecule has 1 heterocycles. The summed E-state index contributed by atoms with van der Waals surface area (Å²) in [7, 11) is 1.59. The maximum atomic E-state index is 9.30. The Kier molecular flexibility index (Phi) is 3.77. The summed E-state index contributed by atoms with van der Waals surface area (Å²) >= 11 is 5.93. The zero-order valence-corrected chi connectivity index (χ0v) is 12.4. The van der Waals surface area contributed by atoms with E-state index in [1.165, 1.54) is 0 Å². The zero-order valence-electron chi connectivity index (χ0n) is 11.7. The molecule has 22 heavy (non-hydrogen) atoms. The summed E-state index contributed by atoms with van der Waals surface area (Å²) in [4.78, 5) is 0. The standard InChI is InChI=1S/C16H11ClN4O/c1-22-15-5-3-2-4-14(15)21-16(13(10-18)19-20-21)11-6-8-12(17)9-7-11/h2-9H,1H3. The Balaban J connectivity index is 2.24. The first-order valence-electron chi connectivity index (χ1n) is 6.49. The predicted molar refractivity (Wildman–Crippen MR) is 83.1 cm³/mol. The third-order valence-corrected chi connectivity index (χ3v) is 3.46. The molecule has 1 aromatic heterocycles. The van der Waals surface area contributed by atoms with E-state index < -0.39 is 0 Å². The number of para-hydroxylation sites is 2. The van der Waals surface area contributed by atoms with Crippen molar-refractivity contribution in [1.82, 2.24) is 15.0 Å². The molecule has 108 valence electrons. The number of benzene rings is 2. The Morgan fingerprint density at radius 1 is 1.14 bits per heavy atom. The minimum Gasteiger partial charge on any atom is -0.494 e. The molecule has 0 aliphatic carbocycles. The fraction of sp³-hybridized carbons (Fsp3) is 0.0625. The van der Waals surface area contributed by atoms with E-state index in [2.05, 4.69) is 16.4 Å². The molecule has 2 aromatic carbocycles. The third kappa shape index (κ3) is 2.41. The average Bonchev–Trinajstić information content (AvgIpc) is 2.99. The summed E-state index contributed by atoms with van der Waals surface area (Å²) in [5.41, 5.74) is 2.36. The number of methoxy groups -OCH3 is 1. The van der Waals surface area contributed by atoms with E-state index in [-0.39, 0.29) is 5.69 Å². The Morgan fingerprint density at radius 2 is 1.86 bits per heavy atom.